The van der Waals surface area contributed by atoms with Crippen LogP contribution in [0, 0.1) is 5.92 Å². The second kappa shape index (κ2) is 8.30. The van der Waals surface area contributed by atoms with Crippen LogP contribution in [0.25, 0.3) is 0 Å². The predicted molar refractivity (Wildman–Crippen MR) is 78.8 cm³/mol. The highest BCUT2D eigenvalue weighted by molar-refractivity contribution is 5.72. The van der Waals surface area contributed by atoms with Gasteiger partial charge in [-0.1, -0.05) is 61.6 Å². The number of esters is 1. The minimum Gasteiger partial charge on any atom is -0.469 e. The first-order valence-corrected chi connectivity index (χ1v) is 6.60. The molecule has 0 unspecified atom stereocenters. The van der Waals surface area contributed by atoms with E-state index < -0.39 is 0 Å². The summed E-state index contributed by atoms with van der Waals surface area (Å²) in [5.74, 6) is -0.290. The molecule has 102 valence electrons. The average molecular weight is 258 g/mol. The van der Waals surface area contributed by atoms with Gasteiger partial charge in [0.25, 0.3) is 0 Å². The molecule has 0 heterocycles. The lowest BCUT2D eigenvalue weighted by Gasteiger charge is -2.09. The number of rotatable bonds is 7. The van der Waals surface area contributed by atoms with E-state index in [-0.39, 0.29) is 11.9 Å². The van der Waals surface area contributed by atoms with E-state index >= 15 is 0 Å². The summed E-state index contributed by atoms with van der Waals surface area (Å²) in [7, 11) is 1.42. The normalized spacial score (nSPS) is 12.8. The van der Waals surface area contributed by atoms with Crippen molar-refractivity contribution >= 4 is 5.97 Å². The van der Waals surface area contributed by atoms with Crippen molar-refractivity contribution in [2.24, 2.45) is 5.92 Å². The maximum atomic E-state index is 11.4. The van der Waals surface area contributed by atoms with Gasteiger partial charge < -0.3 is 4.74 Å². The molecule has 0 saturated carbocycles. The van der Waals surface area contributed by atoms with E-state index in [0.717, 1.165) is 18.4 Å². The molecule has 0 bridgehead atoms. The van der Waals surface area contributed by atoms with Crippen LogP contribution in [0.5, 0.6) is 0 Å². The molecule has 2 nitrogen and oxygen atoms in total. The summed E-state index contributed by atoms with van der Waals surface area (Å²) in [4.78, 5) is 11.4. The van der Waals surface area contributed by atoms with E-state index in [1.54, 1.807) is 0 Å². The topological polar surface area (TPSA) is 26.3 Å². The molecule has 0 amide bonds. The standard InChI is InChI=1S/C17H22O2/c1-4-15(13-14(2)17(18)19-3)11-8-12-16-9-6-5-7-10-16/h4-7,9-11,14H,1,8,12-13H2,2-3H3/b15-11+/t14-/m0/s1. The number of benzene rings is 1. The summed E-state index contributed by atoms with van der Waals surface area (Å²) in [6.07, 6.45) is 6.62. The van der Waals surface area contributed by atoms with E-state index in [0.29, 0.717) is 6.42 Å². The molecule has 0 N–H and O–H groups in total. The minimum atomic E-state index is -0.171. The van der Waals surface area contributed by atoms with Gasteiger partial charge in [0.05, 0.1) is 13.0 Å². The highest BCUT2D eigenvalue weighted by atomic mass is 16.5. The zero-order valence-corrected chi connectivity index (χ0v) is 11.8. The van der Waals surface area contributed by atoms with Crippen molar-refractivity contribution < 1.29 is 9.53 Å². The lowest BCUT2D eigenvalue weighted by Crippen LogP contribution is -2.12. The van der Waals surface area contributed by atoms with Gasteiger partial charge in [0.2, 0.25) is 0 Å². The smallest absolute Gasteiger partial charge is 0.308 e. The van der Waals surface area contributed by atoms with E-state index in [1.807, 2.05) is 31.2 Å². The van der Waals surface area contributed by atoms with Crippen molar-refractivity contribution in [1.29, 1.82) is 0 Å². The van der Waals surface area contributed by atoms with E-state index in [2.05, 4.69) is 24.8 Å². The molecule has 0 aliphatic heterocycles. The maximum absolute atomic E-state index is 11.4. The van der Waals surface area contributed by atoms with Crippen LogP contribution in [0.3, 0.4) is 0 Å². The molecule has 0 spiro atoms. The van der Waals surface area contributed by atoms with Crippen molar-refractivity contribution in [2.75, 3.05) is 7.11 Å². The molecule has 0 aliphatic carbocycles. The Labute approximate surface area is 115 Å². The molecule has 1 rings (SSSR count). The van der Waals surface area contributed by atoms with Gasteiger partial charge in [-0.25, -0.2) is 0 Å². The maximum Gasteiger partial charge on any atom is 0.308 e. The van der Waals surface area contributed by atoms with Crippen LogP contribution in [0.1, 0.15) is 25.3 Å². The van der Waals surface area contributed by atoms with Crippen LogP contribution in [0.2, 0.25) is 0 Å². The number of ether oxygens (including phenoxy) is 1. The molecular weight excluding hydrogens is 236 g/mol. The van der Waals surface area contributed by atoms with Crippen LogP contribution >= 0.6 is 0 Å². The monoisotopic (exact) mass is 258 g/mol. The Hall–Kier alpha value is -1.83. The quantitative estimate of drug-likeness (QED) is 0.547. The first-order valence-electron chi connectivity index (χ1n) is 6.60. The first kappa shape index (κ1) is 15.2. The Bertz CT molecular complexity index is 432. The number of methoxy groups -OCH3 is 1. The van der Waals surface area contributed by atoms with Gasteiger partial charge in [-0.2, -0.15) is 0 Å². The Kier molecular flexibility index (Phi) is 6.65. The molecule has 1 aromatic carbocycles. The SMILES string of the molecule is C=C/C(=C\CCc1ccccc1)C[C@H](C)C(=O)OC. The molecule has 1 aromatic rings. The van der Waals surface area contributed by atoms with Gasteiger partial charge in [0, 0.05) is 0 Å². The summed E-state index contributed by atoms with van der Waals surface area (Å²) in [6.45, 7) is 5.68. The summed E-state index contributed by atoms with van der Waals surface area (Å²) in [6, 6.07) is 10.4. The summed E-state index contributed by atoms with van der Waals surface area (Å²) >= 11 is 0. The second-order valence-corrected chi connectivity index (χ2v) is 4.64. The van der Waals surface area contributed by atoms with Gasteiger partial charge in [-0.15, -0.1) is 0 Å². The van der Waals surface area contributed by atoms with Crippen molar-refractivity contribution in [3.63, 3.8) is 0 Å². The number of hydrogen-bond donors (Lipinski definition) is 0. The molecule has 0 aromatic heterocycles. The van der Waals surface area contributed by atoms with Crippen molar-refractivity contribution in [2.45, 2.75) is 26.2 Å². The Balaban J connectivity index is 2.48. The lowest BCUT2D eigenvalue weighted by molar-refractivity contribution is -0.144. The van der Waals surface area contributed by atoms with E-state index in [1.165, 1.54) is 12.7 Å². The average Bonchev–Trinajstić information content (AvgIpc) is 2.46. The lowest BCUT2D eigenvalue weighted by atomic mass is 9.99. The fourth-order valence-corrected chi connectivity index (χ4v) is 1.96. The highest BCUT2D eigenvalue weighted by Gasteiger charge is 2.13. The number of hydrogen-bond acceptors (Lipinski definition) is 2. The fraction of sp³-hybridized carbons (Fsp3) is 0.353. The third kappa shape index (κ3) is 5.56. The minimum absolute atomic E-state index is 0.119. The van der Waals surface area contributed by atoms with Crippen LogP contribution in [-0.2, 0) is 16.0 Å². The van der Waals surface area contributed by atoms with Gasteiger partial charge in [0.1, 0.15) is 0 Å². The Morgan fingerprint density at radius 1 is 1.37 bits per heavy atom. The molecule has 2 heteroatoms. The molecule has 1 atom stereocenters. The van der Waals surface area contributed by atoms with Crippen LogP contribution in [0.4, 0.5) is 0 Å². The van der Waals surface area contributed by atoms with Crippen molar-refractivity contribution in [3.05, 3.63) is 60.2 Å². The summed E-state index contributed by atoms with van der Waals surface area (Å²) < 4.78 is 4.73. The van der Waals surface area contributed by atoms with E-state index in [4.69, 9.17) is 4.74 Å². The van der Waals surface area contributed by atoms with Crippen molar-refractivity contribution in [1.82, 2.24) is 0 Å². The molecule has 0 radical (unpaired) electrons. The number of aryl methyl sites for hydroxylation is 1. The Morgan fingerprint density at radius 2 is 2.05 bits per heavy atom. The molecule has 0 fully saturated rings. The second-order valence-electron chi connectivity index (χ2n) is 4.64. The first-order chi connectivity index (χ1) is 9.17. The van der Waals surface area contributed by atoms with E-state index in [9.17, 15) is 4.79 Å². The highest BCUT2D eigenvalue weighted by Crippen LogP contribution is 2.15. The third-order valence-corrected chi connectivity index (χ3v) is 3.09. The predicted octanol–water partition coefficient (Wildman–Crippen LogP) is 3.93. The van der Waals surface area contributed by atoms with Crippen LogP contribution in [0.15, 0.2) is 54.6 Å². The number of allylic oxidation sites excluding steroid dienone is 3. The summed E-state index contributed by atoms with van der Waals surface area (Å²) in [5.41, 5.74) is 2.43. The zero-order chi connectivity index (χ0) is 14.1. The van der Waals surface area contributed by atoms with Gasteiger partial charge in [-0.05, 0) is 24.8 Å². The number of carbonyl (C=O) groups is 1. The van der Waals surface area contributed by atoms with Gasteiger partial charge in [-0.3, -0.25) is 4.79 Å². The largest absolute Gasteiger partial charge is 0.469 e. The zero-order valence-electron chi connectivity index (χ0n) is 11.8. The fourth-order valence-electron chi connectivity index (χ4n) is 1.96. The molecule has 19 heavy (non-hydrogen) atoms. The number of carbonyl (C=O) groups excluding carboxylic acids is 1. The van der Waals surface area contributed by atoms with Gasteiger partial charge >= 0.3 is 5.97 Å². The molecule has 0 saturated heterocycles. The summed E-state index contributed by atoms with van der Waals surface area (Å²) in [5, 5.41) is 0. The van der Waals surface area contributed by atoms with Gasteiger partial charge in [0.15, 0.2) is 0 Å². The van der Waals surface area contributed by atoms with Crippen LogP contribution < -0.4 is 0 Å². The molecule has 0 aliphatic rings. The van der Waals surface area contributed by atoms with Crippen LogP contribution in [-0.4, -0.2) is 13.1 Å². The Morgan fingerprint density at radius 3 is 2.63 bits per heavy atom. The third-order valence-electron chi connectivity index (χ3n) is 3.09. The molecular formula is C17H22O2. The van der Waals surface area contributed by atoms with Crippen molar-refractivity contribution in [3.8, 4) is 0 Å².